The second-order valence-electron chi connectivity index (χ2n) is 3.07. The van der Waals surface area contributed by atoms with E-state index in [9.17, 15) is 4.79 Å². The molecule has 1 aromatic carbocycles. The monoisotopic (exact) mass is 223 g/mol. The van der Waals surface area contributed by atoms with E-state index in [2.05, 4.69) is 5.32 Å². The summed E-state index contributed by atoms with van der Waals surface area (Å²) in [6.07, 6.45) is 0. The molecule has 0 radical (unpaired) electrons. The largest absolute Gasteiger partial charge is 0.374 e. The van der Waals surface area contributed by atoms with E-state index in [4.69, 9.17) is 22.6 Å². The standard InChI is InChI=1S/C10H10ClN3O/c1-6(10(13)15)14-8-3-2-7(5-12)9(11)4-8/h2-4,6,14H,1H3,(H2,13,15). The van der Waals surface area contributed by atoms with Gasteiger partial charge in [0, 0.05) is 5.69 Å². The van der Waals surface area contributed by atoms with Crippen LogP contribution < -0.4 is 11.1 Å². The normalized spacial score (nSPS) is 11.5. The minimum Gasteiger partial charge on any atom is -0.374 e. The number of halogens is 1. The molecule has 1 aromatic rings. The maximum Gasteiger partial charge on any atom is 0.239 e. The summed E-state index contributed by atoms with van der Waals surface area (Å²) in [5.41, 5.74) is 6.15. The van der Waals surface area contributed by atoms with Crippen LogP contribution in [0.3, 0.4) is 0 Å². The van der Waals surface area contributed by atoms with Gasteiger partial charge in [-0.1, -0.05) is 11.6 Å². The van der Waals surface area contributed by atoms with Crippen LogP contribution in [0, 0.1) is 11.3 Å². The number of hydrogen-bond donors (Lipinski definition) is 2. The topological polar surface area (TPSA) is 78.9 Å². The number of hydrogen-bond acceptors (Lipinski definition) is 3. The molecule has 4 nitrogen and oxygen atoms in total. The Labute approximate surface area is 92.6 Å². The third-order valence-corrected chi connectivity index (χ3v) is 2.21. The van der Waals surface area contributed by atoms with Gasteiger partial charge in [-0.05, 0) is 25.1 Å². The molecule has 0 fully saturated rings. The summed E-state index contributed by atoms with van der Waals surface area (Å²) < 4.78 is 0. The van der Waals surface area contributed by atoms with Crippen molar-refractivity contribution < 1.29 is 4.79 Å². The fourth-order valence-electron chi connectivity index (χ4n) is 1.02. The van der Waals surface area contributed by atoms with Crippen molar-refractivity contribution in [3.05, 3.63) is 28.8 Å². The number of nitrogens with two attached hydrogens (primary N) is 1. The molecule has 1 unspecified atom stereocenters. The molecule has 1 atom stereocenters. The highest BCUT2D eigenvalue weighted by Gasteiger charge is 2.08. The molecular weight excluding hydrogens is 214 g/mol. The average Bonchev–Trinajstić information content (AvgIpc) is 2.18. The molecular formula is C10H10ClN3O. The van der Waals surface area contributed by atoms with E-state index in [0.29, 0.717) is 16.3 Å². The molecule has 0 aliphatic rings. The summed E-state index contributed by atoms with van der Waals surface area (Å²) in [4.78, 5) is 10.8. The Morgan fingerprint density at radius 1 is 1.67 bits per heavy atom. The summed E-state index contributed by atoms with van der Waals surface area (Å²) in [5, 5.41) is 11.9. The zero-order chi connectivity index (χ0) is 11.4. The predicted octanol–water partition coefficient (Wildman–Crippen LogP) is 1.50. The minimum absolute atomic E-state index is 0.346. The quantitative estimate of drug-likeness (QED) is 0.815. The van der Waals surface area contributed by atoms with Crippen molar-refractivity contribution in [2.24, 2.45) is 5.73 Å². The number of carbonyl (C=O) groups is 1. The first-order valence-corrected chi connectivity index (χ1v) is 4.68. The number of anilines is 1. The summed E-state index contributed by atoms with van der Waals surface area (Å²) >= 11 is 5.81. The van der Waals surface area contributed by atoms with E-state index in [1.807, 2.05) is 6.07 Å². The third-order valence-electron chi connectivity index (χ3n) is 1.90. The Kier molecular flexibility index (Phi) is 3.53. The van der Waals surface area contributed by atoms with E-state index in [-0.39, 0.29) is 0 Å². The van der Waals surface area contributed by atoms with Gasteiger partial charge in [0.15, 0.2) is 0 Å². The zero-order valence-corrected chi connectivity index (χ0v) is 8.88. The van der Waals surface area contributed by atoms with Gasteiger partial charge < -0.3 is 11.1 Å². The van der Waals surface area contributed by atoms with Crippen molar-refractivity contribution in [2.75, 3.05) is 5.32 Å². The lowest BCUT2D eigenvalue weighted by molar-refractivity contribution is -0.118. The average molecular weight is 224 g/mol. The molecule has 0 aliphatic carbocycles. The van der Waals surface area contributed by atoms with Crippen molar-refractivity contribution in [2.45, 2.75) is 13.0 Å². The zero-order valence-electron chi connectivity index (χ0n) is 8.12. The van der Waals surface area contributed by atoms with Crippen molar-refractivity contribution in [1.82, 2.24) is 0 Å². The Hall–Kier alpha value is -1.73. The molecule has 0 bridgehead atoms. The van der Waals surface area contributed by atoms with Crippen molar-refractivity contribution in [3.63, 3.8) is 0 Å². The SMILES string of the molecule is CC(Nc1ccc(C#N)c(Cl)c1)C(N)=O. The van der Waals surface area contributed by atoms with Crippen LogP contribution in [0.25, 0.3) is 0 Å². The fraction of sp³-hybridized carbons (Fsp3) is 0.200. The Morgan fingerprint density at radius 3 is 2.80 bits per heavy atom. The lowest BCUT2D eigenvalue weighted by atomic mass is 10.2. The number of rotatable bonds is 3. The Bertz CT molecular complexity index is 425. The van der Waals surface area contributed by atoms with E-state index in [1.165, 1.54) is 0 Å². The molecule has 15 heavy (non-hydrogen) atoms. The maximum absolute atomic E-state index is 10.8. The van der Waals surface area contributed by atoms with E-state index >= 15 is 0 Å². The first-order valence-electron chi connectivity index (χ1n) is 4.30. The lowest BCUT2D eigenvalue weighted by Crippen LogP contribution is -2.32. The molecule has 1 amide bonds. The summed E-state index contributed by atoms with van der Waals surface area (Å²) in [7, 11) is 0. The van der Waals surface area contributed by atoms with Crippen LogP contribution in [0.5, 0.6) is 0 Å². The van der Waals surface area contributed by atoms with Crippen LogP contribution in [0.4, 0.5) is 5.69 Å². The second-order valence-corrected chi connectivity index (χ2v) is 3.48. The maximum atomic E-state index is 10.8. The highest BCUT2D eigenvalue weighted by molar-refractivity contribution is 6.32. The fourth-order valence-corrected chi connectivity index (χ4v) is 1.24. The van der Waals surface area contributed by atoms with Crippen molar-refractivity contribution in [3.8, 4) is 6.07 Å². The number of nitrogens with one attached hydrogen (secondary N) is 1. The summed E-state index contributed by atoms with van der Waals surface area (Å²) in [6, 6.07) is 6.30. The predicted molar refractivity (Wildman–Crippen MR) is 58.4 cm³/mol. The van der Waals surface area contributed by atoms with Crippen LogP contribution in [0.1, 0.15) is 12.5 Å². The molecule has 0 saturated heterocycles. The van der Waals surface area contributed by atoms with Gasteiger partial charge in [0.1, 0.15) is 12.1 Å². The summed E-state index contributed by atoms with van der Waals surface area (Å²) in [6.45, 7) is 1.65. The van der Waals surface area contributed by atoms with Gasteiger partial charge in [-0.25, -0.2) is 0 Å². The molecule has 3 N–H and O–H groups in total. The van der Waals surface area contributed by atoms with Gasteiger partial charge in [-0.2, -0.15) is 5.26 Å². The second kappa shape index (κ2) is 4.67. The van der Waals surface area contributed by atoms with Crippen LogP contribution >= 0.6 is 11.6 Å². The molecule has 0 heterocycles. The minimum atomic E-state index is -0.478. The molecule has 78 valence electrons. The van der Waals surface area contributed by atoms with Crippen LogP contribution in [0.2, 0.25) is 5.02 Å². The number of carbonyl (C=O) groups excluding carboxylic acids is 1. The van der Waals surface area contributed by atoms with Gasteiger partial charge in [-0.15, -0.1) is 0 Å². The van der Waals surface area contributed by atoms with Gasteiger partial charge >= 0.3 is 0 Å². The number of amides is 1. The first-order chi connectivity index (χ1) is 7.04. The Morgan fingerprint density at radius 2 is 2.33 bits per heavy atom. The van der Waals surface area contributed by atoms with Crippen LogP contribution in [0.15, 0.2) is 18.2 Å². The van der Waals surface area contributed by atoms with Crippen LogP contribution in [-0.2, 0) is 4.79 Å². The lowest BCUT2D eigenvalue weighted by Gasteiger charge is -2.11. The van der Waals surface area contributed by atoms with Gasteiger partial charge in [-0.3, -0.25) is 4.79 Å². The van der Waals surface area contributed by atoms with Crippen molar-refractivity contribution >= 4 is 23.2 Å². The number of benzene rings is 1. The highest BCUT2D eigenvalue weighted by Crippen LogP contribution is 2.20. The van der Waals surface area contributed by atoms with E-state index < -0.39 is 11.9 Å². The molecule has 5 heteroatoms. The van der Waals surface area contributed by atoms with E-state index in [1.54, 1.807) is 25.1 Å². The molecule has 0 aromatic heterocycles. The Balaban J connectivity index is 2.85. The van der Waals surface area contributed by atoms with Crippen molar-refractivity contribution in [1.29, 1.82) is 5.26 Å². The molecule has 0 aliphatic heterocycles. The molecule has 1 rings (SSSR count). The van der Waals surface area contributed by atoms with Crippen LogP contribution in [-0.4, -0.2) is 11.9 Å². The highest BCUT2D eigenvalue weighted by atomic mass is 35.5. The van der Waals surface area contributed by atoms with Gasteiger partial charge in [0.05, 0.1) is 10.6 Å². The third kappa shape index (κ3) is 2.86. The summed E-state index contributed by atoms with van der Waals surface area (Å²) in [5.74, 6) is -0.449. The van der Waals surface area contributed by atoms with E-state index in [0.717, 1.165) is 0 Å². The van der Waals surface area contributed by atoms with Gasteiger partial charge in [0.2, 0.25) is 5.91 Å². The smallest absolute Gasteiger partial charge is 0.239 e. The molecule has 0 spiro atoms. The number of nitriles is 1. The molecule has 0 saturated carbocycles. The first kappa shape index (κ1) is 11.3. The number of nitrogens with zero attached hydrogens (tertiary/aromatic N) is 1. The number of primary amides is 1. The van der Waals surface area contributed by atoms with Gasteiger partial charge in [0.25, 0.3) is 0 Å².